The first-order chi connectivity index (χ1) is 11.8. The Hall–Kier alpha value is -2.14. The molecule has 0 atom stereocenters. The van der Waals surface area contributed by atoms with Crippen LogP contribution >= 0.6 is 0 Å². The molecule has 25 heavy (non-hydrogen) atoms. The first-order valence-corrected chi connectivity index (χ1v) is 8.59. The molecule has 0 aliphatic heterocycles. The Balaban J connectivity index is 2.20. The van der Waals surface area contributed by atoms with Gasteiger partial charge in [-0.05, 0) is 35.1 Å². The number of anilines is 1. The summed E-state index contributed by atoms with van der Waals surface area (Å²) in [5.74, 6) is 1.55. The molecule has 0 radical (unpaired) electrons. The molecule has 1 heterocycles. The monoisotopic (exact) mass is 344 g/mol. The third kappa shape index (κ3) is 5.43. The molecule has 0 aliphatic carbocycles. The summed E-state index contributed by atoms with van der Waals surface area (Å²) < 4.78 is 10.8. The summed E-state index contributed by atoms with van der Waals surface area (Å²) in [6, 6.07) is 7.80. The zero-order valence-corrected chi connectivity index (χ0v) is 15.8. The fourth-order valence-corrected chi connectivity index (χ4v) is 2.58. The van der Waals surface area contributed by atoms with Crippen molar-refractivity contribution in [3.8, 4) is 5.75 Å². The minimum Gasteiger partial charge on any atom is -0.493 e. The van der Waals surface area contributed by atoms with Crippen LogP contribution in [0.2, 0.25) is 0 Å². The highest BCUT2D eigenvalue weighted by atomic mass is 16.5. The number of aromatic nitrogens is 1. The fourth-order valence-electron chi connectivity index (χ4n) is 2.58. The number of amides is 1. The van der Waals surface area contributed by atoms with E-state index >= 15 is 0 Å². The molecule has 0 N–H and O–H groups in total. The van der Waals surface area contributed by atoms with Gasteiger partial charge in [-0.2, -0.15) is 0 Å². The summed E-state index contributed by atoms with van der Waals surface area (Å²) in [6.07, 6.45) is 3.05. The molecule has 5 heteroatoms. The molecule has 0 bridgehead atoms. The summed E-state index contributed by atoms with van der Waals surface area (Å²) >= 11 is 0. The molecule has 136 valence electrons. The van der Waals surface area contributed by atoms with Crippen LogP contribution in [-0.2, 0) is 9.53 Å². The molecule has 1 aromatic heterocycles. The minimum atomic E-state index is -0.0564. The van der Waals surface area contributed by atoms with Gasteiger partial charge in [-0.1, -0.05) is 20.8 Å². The molecule has 1 amide bonds. The number of hydrogen-bond donors (Lipinski definition) is 0. The molecule has 0 spiro atoms. The predicted octanol–water partition coefficient (Wildman–Crippen LogP) is 4.05. The quantitative estimate of drug-likeness (QED) is 0.711. The topological polar surface area (TPSA) is 51.7 Å². The molecular formula is C20H28N2O3. The van der Waals surface area contributed by atoms with Gasteiger partial charge >= 0.3 is 0 Å². The summed E-state index contributed by atoms with van der Waals surface area (Å²) in [4.78, 5) is 18.6. The lowest BCUT2D eigenvalue weighted by molar-refractivity contribution is -0.120. The Kier molecular flexibility index (Phi) is 6.37. The molecule has 0 aliphatic rings. The molecule has 1 aromatic carbocycles. The van der Waals surface area contributed by atoms with Gasteiger partial charge < -0.3 is 9.47 Å². The third-order valence-electron chi connectivity index (χ3n) is 3.85. The normalized spacial score (nSPS) is 11.6. The summed E-state index contributed by atoms with van der Waals surface area (Å²) in [5.41, 5.74) is -0.0564. The van der Waals surface area contributed by atoms with E-state index in [2.05, 4.69) is 25.8 Å². The average molecular weight is 344 g/mol. The maximum absolute atomic E-state index is 12.5. The number of nitrogens with zero attached hydrogens (tertiary/aromatic N) is 2. The Bertz CT molecular complexity index is 722. The number of ether oxygens (including phenoxy) is 2. The van der Waals surface area contributed by atoms with E-state index in [4.69, 9.17) is 9.47 Å². The summed E-state index contributed by atoms with van der Waals surface area (Å²) in [7, 11) is 3.47. The van der Waals surface area contributed by atoms with E-state index in [-0.39, 0.29) is 11.3 Å². The van der Waals surface area contributed by atoms with Crippen LogP contribution in [0.4, 0.5) is 5.82 Å². The van der Waals surface area contributed by atoms with Crippen LogP contribution in [0.3, 0.4) is 0 Å². The zero-order valence-electron chi connectivity index (χ0n) is 15.8. The maximum Gasteiger partial charge on any atom is 0.228 e. The number of rotatable bonds is 7. The first kappa shape index (κ1) is 19.2. The van der Waals surface area contributed by atoms with E-state index < -0.39 is 0 Å². The van der Waals surface area contributed by atoms with E-state index in [1.54, 1.807) is 25.3 Å². The number of methoxy groups -OCH3 is 1. The lowest BCUT2D eigenvalue weighted by atomic mass is 9.91. The Morgan fingerprint density at radius 1 is 1.20 bits per heavy atom. The number of hydrogen-bond acceptors (Lipinski definition) is 4. The molecule has 0 saturated heterocycles. The molecule has 0 unspecified atom stereocenters. The molecule has 0 fully saturated rings. The van der Waals surface area contributed by atoms with Gasteiger partial charge in [0.25, 0.3) is 0 Å². The van der Waals surface area contributed by atoms with Crippen molar-refractivity contribution in [1.29, 1.82) is 0 Å². The van der Waals surface area contributed by atoms with Crippen molar-refractivity contribution in [2.75, 3.05) is 32.3 Å². The second kappa shape index (κ2) is 8.30. The van der Waals surface area contributed by atoms with Crippen molar-refractivity contribution >= 4 is 22.5 Å². The lowest BCUT2D eigenvalue weighted by Crippen LogP contribution is -2.30. The van der Waals surface area contributed by atoms with Gasteiger partial charge in [-0.15, -0.1) is 0 Å². The SMILES string of the molecule is COCCCOc1ccc2c(N(C)C(=O)CC(C)(C)C)nccc2c1. The van der Waals surface area contributed by atoms with Gasteiger partial charge in [0, 0.05) is 45.2 Å². The van der Waals surface area contributed by atoms with Gasteiger partial charge in [0.2, 0.25) is 5.91 Å². The molecular weight excluding hydrogens is 316 g/mol. The van der Waals surface area contributed by atoms with E-state index in [0.29, 0.717) is 25.5 Å². The van der Waals surface area contributed by atoms with Crippen molar-refractivity contribution in [2.45, 2.75) is 33.6 Å². The van der Waals surface area contributed by atoms with Crippen LogP contribution in [0.1, 0.15) is 33.6 Å². The number of carbonyl (C=O) groups is 1. The number of carbonyl (C=O) groups excluding carboxylic acids is 1. The van der Waals surface area contributed by atoms with Crippen molar-refractivity contribution in [3.63, 3.8) is 0 Å². The zero-order chi connectivity index (χ0) is 18.4. The van der Waals surface area contributed by atoms with Crippen LogP contribution in [0.15, 0.2) is 30.5 Å². The van der Waals surface area contributed by atoms with Crippen molar-refractivity contribution < 1.29 is 14.3 Å². The van der Waals surface area contributed by atoms with Crippen LogP contribution in [0, 0.1) is 5.41 Å². The van der Waals surface area contributed by atoms with E-state index in [9.17, 15) is 4.79 Å². The van der Waals surface area contributed by atoms with Gasteiger partial charge in [-0.3, -0.25) is 9.69 Å². The van der Waals surface area contributed by atoms with Gasteiger partial charge in [0.1, 0.15) is 11.6 Å². The fraction of sp³-hybridized carbons (Fsp3) is 0.500. The van der Waals surface area contributed by atoms with Crippen molar-refractivity contribution in [2.24, 2.45) is 5.41 Å². The summed E-state index contributed by atoms with van der Waals surface area (Å²) in [5, 5.41) is 1.95. The Morgan fingerprint density at radius 3 is 2.64 bits per heavy atom. The standard InChI is InChI=1S/C20H28N2O3/c1-20(2,3)14-18(23)22(4)19-17-8-7-16(25-12-6-11-24-5)13-15(17)9-10-21-19/h7-10,13H,6,11-12,14H2,1-5H3. The Labute approximate surface area is 149 Å². The molecule has 2 aromatic rings. The van der Waals surface area contributed by atoms with Crippen molar-refractivity contribution in [1.82, 2.24) is 4.98 Å². The molecule has 0 saturated carbocycles. The van der Waals surface area contributed by atoms with Crippen LogP contribution in [0.5, 0.6) is 5.75 Å². The molecule has 5 nitrogen and oxygen atoms in total. The highest BCUT2D eigenvalue weighted by Gasteiger charge is 2.21. The highest BCUT2D eigenvalue weighted by Crippen LogP contribution is 2.29. The van der Waals surface area contributed by atoms with E-state index in [1.165, 1.54) is 0 Å². The second-order valence-electron chi connectivity index (χ2n) is 7.40. The van der Waals surface area contributed by atoms with Gasteiger partial charge in [0.05, 0.1) is 6.61 Å². The van der Waals surface area contributed by atoms with Crippen LogP contribution in [-0.4, -0.2) is 38.3 Å². The minimum absolute atomic E-state index is 0.0564. The first-order valence-electron chi connectivity index (χ1n) is 8.59. The van der Waals surface area contributed by atoms with Gasteiger partial charge in [-0.25, -0.2) is 4.98 Å². The van der Waals surface area contributed by atoms with Crippen LogP contribution in [0.25, 0.3) is 10.8 Å². The van der Waals surface area contributed by atoms with Crippen LogP contribution < -0.4 is 9.64 Å². The average Bonchev–Trinajstić information content (AvgIpc) is 2.56. The lowest BCUT2D eigenvalue weighted by Gasteiger charge is -2.23. The van der Waals surface area contributed by atoms with E-state index in [0.717, 1.165) is 22.9 Å². The number of benzene rings is 1. The maximum atomic E-state index is 12.5. The molecule has 2 rings (SSSR count). The van der Waals surface area contributed by atoms with Gasteiger partial charge in [0.15, 0.2) is 0 Å². The van der Waals surface area contributed by atoms with Crippen molar-refractivity contribution in [3.05, 3.63) is 30.5 Å². The largest absolute Gasteiger partial charge is 0.493 e. The summed E-state index contributed by atoms with van der Waals surface area (Å²) in [6.45, 7) is 7.47. The second-order valence-corrected chi connectivity index (χ2v) is 7.40. The number of fused-ring (bicyclic) bond motifs is 1. The van der Waals surface area contributed by atoms with E-state index in [1.807, 2.05) is 24.3 Å². The third-order valence-corrected chi connectivity index (χ3v) is 3.85. The smallest absolute Gasteiger partial charge is 0.228 e. The predicted molar refractivity (Wildman–Crippen MR) is 101 cm³/mol. The highest BCUT2D eigenvalue weighted by molar-refractivity contribution is 6.02. The Morgan fingerprint density at radius 2 is 1.96 bits per heavy atom. The number of pyridine rings is 1.